The fourth-order valence-electron chi connectivity index (χ4n) is 2.54. The number of ether oxygens (including phenoxy) is 1. The standard InChI is InChI=1S/C15H25NOS/c1-12-5-7-14(8-6-12)17-10-9-16-13(2)15-4-3-11-18-15/h3-4,11-14,16H,5-10H2,1-2H3. The summed E-state index contributed by atoms with van der Waals surface area (Å²) in [5.74, 6) is 0.904. The van der Waals surface area contributed by atoms with Gasteiger partial charge in [-0.25, -0.2) is 0 Å². The lowest BCUT2D eigenvalue weighted by molar-refractivity contribution is 0.0209. The second-order valence-corrected chi connectivity index (χ2v) is 6.42. The predicted molar refractivity (Wildman–Crippen MR) is 78.1 cm³/mol. The van der Waals surface area contributed by atoms with Gasteiger partial charge in [0.05, 0.1) is 12.7 Å². The summed E-state index contributed by atoms with van der Waals surface area (Å²) in [6.45, 7) is 6.36. The van der Waals surface area contributed by atoms with Crippen molar-refractivity contribution in [1.29, 1.82) is 0 Å². The monoisotopic (exact) mass is 267 g/mol. The van der Waals surface area contributed by atoms with Crippen LogP contribution < -0.4 is 5.32 Å². The highest BCUT2D eigenvalue weighted by atomic mass is 32.1. The second kappa shape index (κ2) is 7.27. The Morgan fingerprint density at radius 2 is 2.17 bits per heavy atom. The maximum Gasteiger partial charge on any atom is 0.0594 e. The molecule has 0 amide bonds. The van der Waals surface area contributed by atoms with Crippen molar-refractivity contribution in [2.45, 2.75) is 51.7 Å². The van der Waals surface area contributed by atoms with Crippen LogP contribution in [0, 0.1) is 5.92 Å². The Kier molecular flexibility index (Phi) is 5.67. The van der Waals surface area contributed by atoms with Crippen LogP contribution in [0.15, 0.2) is 17.5 Å². The fourth-order valence-corrected chi connectivity index (χ4v) is 3.29. The second-order valence-electron chi connectivity index (χ2n) is 5.44. The Morgan fingerprint density at radius 1 is 1.39 bits per heavy atom. The van der Waals surface area contributed by atoms with Crippen LogP contribution in [-0.2, 0) is 4.74 Å². The van der Waals surface area contributed by atoms with Gasteiger partial charge in [-0.1, -0.05) is 13.0 Å². The first kappa shape index (κ1) is 14.0. The smallest absolute Gasteiger partial charge is 0.0594 e. The van der Waals surface area contributed by atoms with Crippen LogP contribution in [0.25, 0.3) is 0 Å². The van der Waals surface area contributed by atoms with Crippen LogP contribution in [0.3, 0.4) is 0 Å². The first-order valence-corrected chi connectivity index (χ1v) is 8.02. The molecule has 0 spiro atoms. The van der Waals surface area contributed by atoms with Crippen molar-refractivity contribution in [2.75, 3.05) is 13.2 Å². The molecule has 0 radical (unpaired) electrons. The van der Waals surface area contributed by atoms with Crippen molar-refractivity contribution in [3.05, 3.63) is 22.4 Å². The first-order valence-electron chi connectivity index (χ1n) is 7.14. The van der Waals surface area contributed by atoms with Gasteiger partial charge in [-0.2, -0.15) is 0 Å². The summed E-state index contributed by atoms with van der Waals surface area (Å²) in [4.78, 5) is 1.40. The van der Waals surface area contributed by atoms with Crippen LogP contribution in [-0.4, -0.2) is 19.3 Å². The molecule has 0 bridgehead atoms. The van der Waals surface area contributed by atoms with Crippen LogP contribution in [0.1, 0.15) is 50.4 Å². The van der Waals surface area contributed by atoms with Crippen LogP contribution >= 0.6 is 11.3 Å². The summed E-state index contributed by atoms with van der Waals surface area (Å²) in [5, 5.41) is 5.65. The molecule has 1 aliphatic rings. The minimum Gasteiger partial charge on any atom is -0.377 e. The van der Waals surface area contributed by atoms with E-state index in [0.29, 0.717) is 12.1 Å². The zero-order valence-electron chi connectivity index (χ0n) is 11.5. The molecule has 1 fully saturated rings. The SMILES string of the molecule is CC1CCC(OCCNC(C)c2cccs2)CC1. The van der Waals surface area contributed by atoms with Crippen molar-refractivity contribution < 1.29 is 4.74 Å². The molecule has 0 aliphatic heterocycles. The van der Waals surface area contributed by atoms with E-state index in [-0.39, 0.29) is 0 Å². The van der Waals surface area contributed by atoms with Crippen molar-refractivity contribution in [1.82, 2.24) is 5.32 Å². The highest BCUT2D eigenvalue weighted by Gasteiger charge is 2.18. The Hall–Kier alpha value is -0.380. The van der Waals surface area contributed by atoms with E-state index in [1.54, 1.807) is 0 Å². The van der Waals surface area contributed by atoms with Crippen molar-refractivity contribution in [3.63, 3.8) is 0 Å². The molecule has 0 aromatic carbocycles. The molecule has 1 atom stereocenters. The summed E-state index contributed by atoms with van der Waals surface area (Å²) < 4.78 is 5.94. The Labute approximate surface area is 115 Å². The summed E-state index contributed by atoms with van der Waals surface area (Å²) >= 11 is 1.81. The van der Waals surface area contributed by atoms with Crippen molar-refractivity contribution >= 4 is 11.3 Å². The summed E-state index contributed by atoms with van der Waals surface area (Å²) in [5.41, 5.74) is 0. The fraction of sp³-hybridized carbons (Fsp3) is 0.733. The van der Waals surface area contributed by atoms with Gasteiger partial charge in [-0.15, -0.1) is 11.3 Å². The molecule has 1 unspecified atom stereocenters. The third kappa shape index (κ3) is 4.38. The lowest BCUT2D eigenvalue weighted by atomic mass is 9.89. The molecule has 1 aromatic rings. The van der Waals surface area contributed by atoms with E-state index in [4.69, 9.17) is 4.74 Å². The van der Waals surface area contributed by atoms with Crippen LogP contribution in [0.2, 0.25) is 0 Å². The van der Waals surface area contributed by atoms with Crippen LogP contribution in [0.5, 0.6) is 0 Å². The molecule has 1 saturated carbocycles. The van der Waals surface area contributed by atoms with Crippen molar-refractivity contribution in [2.24, 2.45) is 5.92 Å². The highest BCUT2D eigenvalue weighted by molar-refractivity contribution is 7.10. The average molecular weight is 267 g/mol. The van der Waals surface area contributed by atoms with E-state index < -0.39 is 0 Å². The minimum absolute atomic E-state index is 0.444. The molecule has 2 nitrogen and oxygen atoms in total. The zero-order chi connectivity index (χ0) is 12.8. The lowest BCUT2D eigenvalue weighted by Gasteiger charge is -2.26. The van der Waals surface area contributed by atoms with E-state index >= 15 is 0 Å². The maximum atomic E-state index is 5.94. The third-order valence-electron chi connectivity index (χ3n) is 3.84. The number of hydrogen-bond acceptors (Lipinski definition) is 3. The summed E-state index contributed by atoms with van der Waals surface area (Å²) in [7, 11) is 0. The molecule has 2 rings (SSSR count). The first-order chi connectivity index (χ1) is 8.75. The third-order valence-corrected chi connectivity index (χ3v) is 4.89. The van der Waals surface area contributed by atoms with Crippen LogP contribution in [0.4, 0.5) is 0 Å². The number of hydrogen-bond donors (Lipinski definition) is 1. The molecular formula is C15H25NOS. The van der Waals surface area contributed by atoms with Gasteiger partial charge in [-0.3, -0.25) is 0 Å². The quantitative estimate of drug-likeness (QED) is 0.787. The van der Waals surface area contributed by atoms with Gasteiger partial charge >= 0.3 is 0 Å². The van der Waals surface area contributed by atoms with Gasteiger partial charge in [0.1, 0.15) is 0 Å². The minimum atomic E-state index is 0.444. The van der Waals surface area contributed by atoms with Gasteiger partial charge in [-0.05, 0) is 50.0 Å². The summed E-state index contributed by atoms with van der Waals surface area (Å²) in [6.07, 6.45) is 5.69. The molecule has 1 N–H and O–H groups in total. The van der Waals surface area contributed by atoms with Gasteiger partial charge in [0, 0.05) is 17.5 Å². The molecule has 0 saturated heterocycles. The molecule has 1 aliphatic carbocycles. The normalized spacial score (nSPS) is 26.1. The van der Waals surface area contributed by atoms with Crippen molar-refractivity contribution in [3.8, 4) is 0 Å². The van der Waals surface area contributed by atoms with E-state index in [1.165, 1.54) is 30.6 Å². The molecule has 1 heterocycles. The van der Waals surface area contributed by atoms with Gasteiger partial charge in [0.25, 0.3) is 0 Å². The topological polar surface area (TPSA) is 21.3 Å². The van der Waals surface area contributed by atoms with Gasteiger partial charge < -0.3 is 10.1 Å². The molecule has 3 heteroatoms. The Balaban J connectivity index is 1.56. The number of thiophene rings is 1. The molecule has 102 valence electrons. The Morgan fingerprint density at radius 3 is 2.83 bits per heavy atom. The predicted octanol–water partition coefficient (Wildman–Crippen LogP) is 3.99. The lowest BCUT2D eigenvalue weighted by Crippen LogP contribution is -2.27. The number of rotatable bonds is 6. The van der Waals surface area contributed by atoms with E-state index in [9.17, 15) is 0 Å². The van der Waals surface area contributed by atoms with E-state index in [1.807, 2.05) is 11.3 Å². The maximum absolute atomic E-state index is 5.94. The molecule has 1 aromatic heterocycles. The molecular weight excluding hydrogens is 242 g/mol. The Bertz CT molecular complexity index is 317. The summed E-state index contributed by atoms with van der Waals surface area (Å²) in [6, 6.07) is 4.74. The van der Waals surface area contributed by atoms with Gasteiger partial charge in [0.2, 0.25) is 0 Å². The van der Waals surface area contributed by atoms with E-state index in [0.717, 1.165) is 19.1 Å². The zero-order valence-corrected chi connectivity index (χ0v) is 12.3. The van der Waals surface area contributed by atoms with E-state index in [2.05, 4.69) is 36.7 Å². The average Bonchev–Trinajstić information content (AvgIpc) is 2.90. The molecule has 18 heavy (non-hydrogen) atoms. The largest absolute Gasteiger partial charge is 0.377 e. The van der Waals surface area contributed by atoms with Gasteiger partial charge in [0.15, 0.2) is 0 Å². The highest BCUT2D eigenvalue weighted by Crippen LogP contribution is 2.25. The number of nitrogens with one attached hydrogen (secondary N) is 1.